The molecule has 1 fully saturated rings. The average Bonchev–Trinajstić information content (AvgIpc) is 2.80. The van der Waals surface area contributed by atoms with Crippen LogP contribution in [0.2, 0.25) is 5.02 Å². The quantitative estimate of drug-likeness (QED) is 0.470. The number of nitrogens with one attached hydrogen (secondary N) is 2. The number of halogens is 1. The first-order chi connectivity index (χ1) is 15.1. The maximum Gasteiger partial charge on any atom is 0.257 e. The van der Waals surface area contributed by atoms with E-state index in [0.717, 1.165) is 35.6 Å². The van der Waals surface area contributed by atoms with E-state index in [2.05, 4.69) is 15.5 Å². The van der Waals surface area contributed by atoms with Gasteiger partial charge in [-0.2, -0.15) is 0 Å². The van der Waals surface area contributed by atoms with Gasteiger partial charge in [-0.05, 0) is 72.9 Å². The summed E-state index contributed by atoms with van der Waals surface area (Å²) in [5.41, 5.74) is 4.50. The predicted molar refractivity (Wildman–Crippen MR) is 133 cm³/mol. The van der Waals surface area contributed by atoms with E-state index in [4.69, 9.17) is 23.8 Å². The SMILES string of the molecule is O=C(NC(=S)Nc1ccc(N2CCCCC2)c(Cl)c1)c1ccc(-c2ccccc2)cc1. The first kappa shape index (κ1) is 21.3. The fourth-order valence-corrected chi connectivity index (χ4v) is 4.27. The van der Waals surface area contributed by atoms with Crippen molar-refractivity contribution in [1.29, 1.82) is 0 Å². The molecule has 158 valence electrons. The number of amides is 1. The van der Waals surface area contributed by atoms with Gasteiger partial charge in [0.05, 0.1) is 10.7 Å². The zero-order valence-electron chi connectivity index (χ0n) is 17.1. The predicted octanol–water partition coefficient (Wildman–Crippen LogP) is 6.12. The molecule has 1 saturated heterocycles. The molecule has 4 rings (SSSR count). The number of piperidine rings is 1. The van der Waals surface area contributed by atoms with Gasteiger partial charge >= 0.3 is 0 Å². The van der Waals surface area contributed by atoms with Gasteiger partial charge in [0.1, 0.15) is 0 Å². The van der Waals surface area contributed by atoms with Crippen LogP contribution in [0.5, 0.6) is 0 Å². The van der Waals surface area contributed by atoms with Crippen molar-refractivity contribution in [2.75, 3.05) is 23.3 Å². The number of hydrogen-bond donors (Lipinski definition) is 2. The van der Waals surface area contributed by atoms with Crippen LogP contribution in [0.1, 0.15) is 29.6 Å². The molecule has 4 nitrogen and oxygen atoms in total. The zero-order valence-corrected chi connectivity index (χ0v) is 18.7. The molecule has 0 unspecified atom stereocenters. The van der Waals surface area contributed by atoms with Crippen LogP contribution in [0.15, 0.2) is 72.8 Å². The van der Waals surface area contributed by atoms with Gasteiger partial charge in [-0.3, -0.25) is 10.1 Å². The van der Waals surface area contributed by atoms with E-state index in [9.17, 15) is 4.79 Å². The smallest absolute Gasteiger partial charge is 0.257 e. The molecule has 3 aromatic carbocycles. The topological polar surface area (TPSA) is 44.4 Å². The Morgan fingerprint density at radius 3 is 2.23 bits per heavy atom. The monoisotopic (exact) mass is 449 g/mol. The van der Waals surface area contributed by atoms with Gasteiger partial charge in [-0.1, -0.05) is 54.1 Å². The highest BCUT2D eigenvalue weighted by Crippen LogP contribution is 2.30. The minimum absolute atomic E-state index is 0.235. The normalized spacial score (nSPS) is 13.5. The first-order valence-corrected chi connectivity index (χ1v) is 11.2. The van der Waals surface area contributed by atoms with E-state index in [-0.39, 0.29) is 11.0 Å². The Morgan fingerprint density at radius 2 is 1.55 bits per heavy atom. The van der Waals surface area contributed by atoms with E-state index in [1.54, 1.807) is 12.1 Å². The number of carbonyl (C=O) groups excluding carboxylic acids is 1. The zero-order chi connectivity index (χ0) is 21.6. The van der Waals surface area contributed by atoms with Crippen LogP contribution in [0, 0.1) is 0 Å². The number of carbonyl (C=O) groups is 1. The summed E-state index contributed by atoms with van der Waals surface area (Å²) in [5.74, 6) is -0.256. The molecule has 0 spiro atoms. The Morgan fingerprint density at radius 1 is 0.871 bits per heavy atom. The molecule has 6 heteroatoms. The second-order valence-electron chi connectivity index (χ2n) is 7.57. The maximum atomic E-state index is 12.5. The molecule has 0 bridgehead atoms. The van der Waals surface area contributed by atoms with E-state index in [1.165, 1.54) is 19.3 Å². The molecule has 1 aliphatic heterocycles. The van der Waals surface area contributed by atoms with Crippen LogP contribution in [-0.2, 0) is 0 Å². The molecule has 2 N–H and O–H groups in total. The third kappa shape index (κ3) is 5.43. The van der Waals surface area contributed by atoms with Gasteiger partial charge in [0, 0.05) is 24.3 Å². The molecule has 1 heterocycles. The van der Waals surface area contributed by atoms with Crippen molar-refractivity contribution < 1.29 is 4.79 Å². The Bertz CT molecular complexity index is 1060. The number of benzene rings is 3. The van der Waals surface area contributed by atoms with Gasteiger partial charge in [0.25, 0.3) is 5.91 Å². The number of rotatable bonds is 4. The van der Waals surface area contributed by atoms with Crippen LogP contribution in [-0.4, -0.2) is 24.1 Å². The Hall–Kier alpha value is -2.89. The molecule has 0 aromatic heterocycles. The fraction of sp³-hybridized carbons (Fsp3) is 0.200. The minimum atomic E-state index is -0.256. The maximum absolute atomic E-state index is 12.5. The summed E-state index contributed by atoms with van der Waals surface area (Å²) in [7, 11) is 0. The summed E-state index contributed by atoms with van der Waals surface area (Å²) in [6.07, 6.45) is 3.66. The van der Waals surface area contributed by atoms with Crippen molar-refractivity contribution >= 4 is 46.2 Å². The standard InChI is InChI=1S/C25H24ClN3OS/c26-22-17-21(13-14-23(22)29-15-5-2-6-16-29)27-25(31)28-24(30)20-11-9-19(10-12-20)18-7-3-1-4-8-18/h1,3-4,7-14,17H,2,5-6,15-16H2,(H2,27,28,30,31). The largest absolute Gasteiger partial charge is 0.370 e. The molecule has 3 aromatic rings. The lowest BCUT2D eigenvalue weighted by Gasteiger charge is -2.29. The number of anilines is 2. The van der Waals surface area contributed by atoms with Gasteiger partial charge in [0.2, 0.25) is 0 Å². The Kier molecular flexibility index (Phi) is 6.85. The second-order valence-corrected chi connectivity index (χ2v) is 8.38. The summed E-state index contributed by atoms with van der Waals surface area (Å²) in [6, 6.07) is 23.3. The minimum Gasteiger partial charge on any atom is -0.370 e. The van der Waals surface area contributed by atoms with Gasteiger partial charge in [-0.15, -0.1) is 0 Å². The van der Waals surface area contributed by atoms with Crippen molar-refractivity contribution in [2.24, 2.45) is 0 Å². The second kappa shape index (κ2) is 9.94. The van der Waals surface area contributed by atoms with Gasteiger partial charge < -0.3 is 10.2 Å². The lowest BCUT2D eigenvalue weighted by atomic mass is 10.0. The van der Waals surface area contributed by atoms with Crippen molar-refractivity contribution in [2.45, 2.75) is 19.3 Å². The molecule has 0 atom stereocenters. The van der Waals surface area contributed by atoms with Crippen molar-refractivity contribution in [3.8, 4) is 11.1 Å². The molecule has 0 aliphatic carbocycles. The summed E-state index contributed by atoms with van der Waals surface area (Å²) in [5, 5.41) is 6.69. The Balaban J connectivity index is 1.36. The van der Waals surface area contributed by atoms with Gasteiger partial charge in [0.15, 0.2) is 5.11 Å². The van der Waals surface area contributed by atoms with Crippen LogP contribution in [0.25, 0.3) is 11.1 Å². The third-order valence-electron chi connectivity index (χ3n) is 5.38. The van der Waals surface area contributed by atoms with Crippen molar-refractivity contribution in [3.05, 3.63) is 83.4 Å². The summed E-state index contributed by atoms with van der Waals surface area (Å²) in [6.45, 7) is 2.06. The highest BCUT2D eigenvalue weighted by molar-refractivity contribution is 7.80. The van der Waals surface area contributed by atoms with E-state index in [0.29, 0.717) is 10.6 Å². The van der Waals surface area contributed by atoms with E-state index in [1.807, 2.05) is 60.7 Å². The molecule has 0 saturated carbocycles. The lowest BCUT2D eigenvalue weighted by Crippen LogP contribution is -2.34. The molecular weight excluding hydrogens is 426 g/mol. The van der Waals surface area contributed by atoms with Crippen LogP contribution >= 0.6 is 23.8 Å². The highest BCUT2D eigenvalue weighted by atomic mass is 35.5. The number of nitrogens with zero attached hydrogens (tertiary/aromatic N) is 1. The average molecular weight is 450 g/mol. The van der Waals surface area contributed by atoms with Crippen LogP contribution in [0.3, 0.4) is 0 Å². The Labute approximate surface area is 193 Å². The van der Waals surface area contributed by atoms with Crippen molar-refractivity contribution in [3.63, 3.8) is 0 Å². The summed E-state index contributed by atoms with van der Waals surface area (Å²) in [4.78, 5) is 14.9. The molecular formula is C25H24ClN3OS. The number of hydrogen-bond acceptors (Lipinski definition) is 3. The highest BCUT2D eigenvalue weighted by Gasteiger charge is 2.15. The number of thiocarbonyl (C=S) groups is 1. The molecule has 1 amide bonds. The van der Waals surface area contributed by atoms with E-state index < -0.39 is 0 Å². The molecule has 0 radical (unpaired) electrons. The molecule has 31 heavy (non-hydrogen) atoms. The fourth-order valence-electron chi connectivity index (χ4n) is 3.76. The summed E-state index contributed by atoms with van der Waals surface area (Å²) < 4.78 is 0. The van der Waals surface area contributed by atoms with Crippen LogP contribution < -0.4 is 15.5 Å². The van der Waals surface area contributed by atoms with Crippen LogP contribution in [0.4, 0.5) is 11.4 Å². The first-order valence-electron chi connectivity index (χ1n) is 10.4. The lowest BCUT2D eigenvalue weighted by molar-refractivity contribution is 0.0978. The third-order valence-corrected chi connectivity index (χ3v) is 5.89. The van der Waals surface area contributed by atoms with E-state index >= 15 is 0 Å². The van der Waals surface area contributed by atoms with Gasteiger partial charge in [-0.25, -0.2) is 0 Å². The van der Waals surface area contributed by atoms with Crippen molar-refractivity contribution in [1.82, 2.24) is 5.32 Å². The summed E-state index contributed by atoms with van der Waals surface area (Å²) >= 11 is 11.8. The molecule has 1 aliphatic rings.